The van der Waals surface area contributed by atoms with E-state index in [1.165, 1.54) is 0 Å². The van der Waals surface area contributed by atoms with Gasteiger partial charge in [0, 0.05) is 18.3 Å². The van der Waals surface area contributed by atoms with Crippen molar-refractivity contribution < 1.29 is 9.90 Å². The summed E-state index contributed by atoms with van der Waals surface area (Å²) in [5.41, 5.74) is 0.257. The van der Waals surface area contributed by atoms with Gasteiger partial charge in [0.1, 0.15) is 0 Å². The molecule has 1 unspecified atom stereocenters. The Morgan fingerprint density at radius 2 is 2.56 bits per heavy atom. The molecule has 1 aromatic rings. The normalized spacial score (nSPS) is 25.6. The Morgan fingerprint density at radius 3 is 3.06 bits per heavy atom. The topological polar surface area (TPSA) is 62.2 Å². The third kappa shape index (κ3) is 2.25. The number of piperidine rings is 1. The summed E-state index contributed by atoms with van der Waals surface area (Å²) in [6.45, 7) is 3.42. The van der Waals surface area contributed by atoms with Crippen molar-refractivity contribution in [3.05, 3.63) is 16.1 Å². The lowest BCUT2D eigenvalue weighted by Crippen LogP contribution is -2.47. The third-order valence-corrected chi connectivity index (χ3v) is 3.93. The summed E-state index contributed by atoms with van der Waals surface area (Å²) in [4.78, 5) is 15.8. The van der Waals surface area contributed by atoms with Crippen LogP contribution >= 0.6 is 11.3 Å². The molecule has 0 saturated carbocycles. The zero-order valence-electron chi connectivity index (χ0n) is 9.32. The Kier molecular flexibility index (Phi) is 3.25. The Balaban J connectivity index is 2.16. The van der Waals surface area contributed by atoms with Crippen LogP contribution in [0.5, 0.6) is 0 Å². The van der Waals surface area contributed by atoms with Crippen LogP contribution in [0.1, 0.15) is 23.5 Å². The zero-order chi connectivity index (χ0) is 11.6. The lowest BCUT2D eigenvalue weighted by atomic mass is 9.77. The summed E-state index contributed by atoms with van der Waals surface area (Å²) in [5.74, 6) is -0.703. The zero-order valence-corrected chi connectivity index (χ0v) is 10.1. The fraction of sp³-hybridized carbons (Fsp3) is 0.636. The molecule has 88 valence electrons. The molecule has 4 nitrogen and oxygen atoms in total. The number of aromatic nitrogens is 1. The summed E-state index contributed by atoms with van der Waals surface area (Å²) in [5, 5.41) is 15.5. The molecule has 1 aliphatic rings. The van der Waals surface area contributed by atoms with Crippen LogP contribution < -0.4 is 5.32 Å². The van der Waals surface area contributed by atoms with E-state index in [0.29, 0.717) is 13.0 Å². The average Bonchev–Trinajstić information content (AvgIpc) is 2.65. The maximum Gasteiger partial charge on any atom is 0.311 e. The van der Waals surface area contributed by atoms with E-state index in [4.69, 9.17) is 0 Å². The van der Waals surface area contributed by atoms with Gasteiger partial charge in [-0.3, -0.25) is 4.79 Å². The summed E-state index contributed by atoms with van der Waals surface area (Å²) in [6.07, 6.45) is 2.21. The van der Waals surface area contributed by atoms with E-state index >= 15 is 0 Å². The Bertz CT molecular complexity index is 383. The second kappa shape index (κ2) is 4.51. The number of nitrogens with one attached hydrogen (secondary N) is 1. The van der Waals surface area contributed by atoms with Crippen LogP contribution in [0, 0.1) is 12.3 Å². The molecule has 2 N–H and O–H groups in total. The number of nitrogens with zero attached hydrogens (tertiary/aromatic N) is 1. The van der Waals surface area contributed by atoms with Crippen molar-refractivity contribution in [1.82, 2.24) is 10.3 Å². The van der Waals surface area contributed by atoms with Gasteiger partial charge in [0.15, 0.2) is 0 Å². The van der Waals surface area contributed by atoms with Gasteiger partial charge in [-0.2, -0.15) is 0 Å². The van der Waals surface area contributed by atoms with Gasteiger partial charge in [-0.25, -0.2) is 4.98 Å². The van der Waals surface area contributed by atoms with Crippen LogP contribution in [0.25, 0.3) is 0 Å². The SMILES string of the molecule is Cc1nc(CC2(C(=O)O)CCCNC2)cs1. The van der Waals surface area contributed by atoms with Gasteiger partial charge in [-0.1, -0.05) is 0 Å². The quantitative estimate of drug-likeness (QED) is 0.839. The van der Waals surface area contributed by atoms with Crippen molar-refractivity contribution in [2.45, 2.75) is 26.2 Å². The predicted molar refractivity (Wildman–Crippen MR) is 62.7 cm³/mol. The van der Waals surface area contributed by atoms with E-state index in [1.54, 1.807) is 11.3 Å². The lowest BCUT2D eigenvalue weighted by molar-refractivity contribution is -0.150. The second-order valence-electron chi connectivity index (χ2n) is 4.40. The number of hydrogen-bond acceptors (Lipinski definition) is 4. The average molecular weight is 240 g/mol. The summed E-state index contributed by atoms with van der Waals surface area (Å²) >= 11 is 1.58. The molecule has 1 aromatic heterocycles. The van der Waals surface area contributed by atoms with Crippen LogP contribution in [-0.4, -0.2) is 29.1 Å². The molecule has 0 amide bonds. The highest BCUT2D eigenvalue weighted by Gasteiger charge is 2.40. The smallest absolute Gasteiger partial charge is 0.311 e. The highest BCUT2D eigenvalue weighted by Crippen LogP contribution is 2.31. The van der Waals surface area contributed by atoms with E-state index in [1.807, 2.05) is 12.3 Å². The predicted octanol–water partition coefficient (Wildman–Crippen LogP) is 1.45. The first-order valence-corrected chi connectivity index (χ1v) is 6.35. The molecular formula is C11H16N2O2S. The largest absolute Gasteiger partial charge is 0.481 e. The molecular weight excluding hydrogens is 224 g/mol. The van der Waals surface area contributed by atoms with Gasteiger partial charge in [-0.05, 0) is 26.3 Å². The van der Waals surface area contributed by atoms with E-state index in [0.717, 1.165) is 30.1 Å². The van der Waals surface area contributed by atoms with Crippen LogP contribution in [0.4, 0.5) is 0 Å². The molecule has 0 aliphatic carbocycles. The minimum Gasteiger partial charge on any atom is -0.481 e. The van der Waals surface area contributed by atoms with Gasteiger partial charge >= 0.3 is 5.97 Å². The van der Waals surface area contributed by atoms with Gasteiger partial charge < -0.3 is 10.4 Å². The van der Waals surface area contributed by atoms with Crippen molar-refractivity contribution in [3.63, 3.8) is 0 Å². The fourth-order valence-electron chi connectivity index (χ4n) is 2.21. The third-order valence-electron chi connectivity index (χ3n) is 3.11. The standard InChI is InChI=1S/C11H16N2O2S/c1-8-13-9(6-16-8)5-11(10(14)15)3-2-4-12-7-11/h6,12H,2-5,7H2,1H3,(H,14,15). The first-order valence-electron chi connectivity index (χ1n) is 5.47. The van der Waals surface area contributed by atoms with Gasteiger partial charge in [0.05, 0.1) is 16.1 Å². The minimum atomic E-state index is -0.703. The van der Waals surface area contributed by atoms with Crippen molar-refractivity contribution in [2.24, 2.45) is 5.41 Å². The highest BCUT2D eigenvalue weighted by molar-refractivity contribution is 7.09. The fourth-order valence-corrected chi connectivity index (χ4v) is 2.83. The Morgan fingerprint density at radius 1 is 1.75 bits per heavy atom. The number of hydrogen-bond donors (Lipinski definition) is 2. The number of aliphatic carboxylic acids is 1. The summed E-state index contributed by atoms with van der Waals surface area (Å²) in [6, 6.07) is 0. The van der Waals surface area contributed by atoms with Gasteiger partial charge in [0.25, 0.3) is 0 Å². The maximum absolute atomic E-state index is 11.4. The number of aryl methyl sites for hydroxylation is 1. The number of carboxylic acids is 1. The van der Waals surface area contributed by atoms with Crippen molar-refractivity contribution in [3.8, 4) is 0 Å². The number of carboxylic acid groups (broad SMARTS) is 1. The molecule has 1 atom stereocenters. The molecule has 1 fully saturated rings. The number of rotatable bonds is 3. The van der Waals surface area contributed by atoms with Gasteiger partial charge in [-0.15, -0.1) is 11.3 Å². The van der Waals surface area contributed by atoms with Crippen LogP contribution in [0.2, 0.25) is 0 Å². The Labute approximate surface area is 98.7 Å². The summed E-state index contributed by atoms with van der Waals surface area (Å²) in [7, 11) is 0. The van der Waals surface area contributed by atoms with Gasteiger partial charge in [0.2, 0.25) is 0 Å². The first-order chi connectivity index (χ1) is 7.62. The number of thiazole rings is 1. The summed E-state index contributed by atoms with van der Waals surface area (Å²) < 4.78 is 0. The molecule has 0 aromatic carbocycles. The van der Waals surface area contributed by atoms with Crippen molar-refractivity contribution >= 4 is 17.3 Å². The Hall–Kier alpha value is -0.940. The lowest BCUT2D eigenvalue weighted by Gasteiger charge is -2.33. The van der Waals surface area contributed by atoms with Crippen LogP contribution in [0.15, 0.2) is 5.38 Å². The molecule has 0 radical (unpaired) electrons. The maximum atomic E-state index is 11.4. The molecule has 1 saturated heterocycles. The molecule has 0 bridgehead atoms. The molecule has 2 rings (SSSR count). The van der Waals surface area contributed by atoms with E-state index < -0.39 is 11.4 Å². The molecule has 2 heterocycles. The van der Waals surface area contributed by atoms with Crippen molar-refractivity contribution in [1.29, 1.82) is 0 Å². The monoisotopic (exact) mass is 240 g/mol. The van der Waals surface area contributed by atoms with E-state index in [9.17, 15) is 9.90 Å². The van der Waals surface area contributed by atoms with Crippen molar-refractivity contribution in [2.75, 3.05) is 13.1 Å². The molecule has 0 spiro atoms. The van der Waals surface area contributed by atoms with E-state index in [2.05, 4.69) is 10.3 Å². The first kappa shape index (κ1) is 11.5. The van der Waals surface area contributed by atoms with E-state index in [-0.39, 0.29) is 0 Å². The molecule has 16 heavy (non-hydrogen) atoms. The molecule has 1 aliphatic heterocycles. The minimum absolute atomic E-state index is 0.541. The highest BCUT2D eigenvalue weighted by atomic mass is 32.1. The molecule has 5 heteroatoms. The number of carbonyl (C=O) groups is 1. The van der Waals surface area contributed by atoms with Crippen LogP contribution in [-0.2, 0) is 11.2 Å². The second-order valence-corrected chi connectivity index (χ2v) is 5.46. The van der Waals surface area contributed by atoms with Crippen LogP contribution in [0.3, 0.4) is 0 Å².